The molecule has 1 unspecified atom stereocenters. The van der Waals surface area contributed by atoms with Gasteiger partial charge in [-0.2, -0.15) is 0 Å². The Morgan fingerprint density at radius 1 is 1.29 bits per heavy atom. The molecule has 1 aromatic carbocycles. The first-order chi connectivity index (χ1) is 10.0. The highest BCUT2D eigenvalue weighted by molar-refractivity contribution is 7.89. The highest BCUT2D eigenvalue weighted by Crippen LogP contribution is 2.42. The van der Waals surface area contributed by atoms with Gasteiger partial charge < -0.3 is 5.32 Å². The number of thiophene rings is 1. The van der Waals surface area contributed by atoms with Gasteiger partial charge in [0.2, 0.25) is 10.0 Å². The molecule has 0 spiro atoms. The van der Waals surface area contributed by atoms with Crippen molar-refractivity contribution in [2.24, 2.45) is 11.1 Å². The van der Waals surface area contributed by atoms with Crippen LogP contribution in [0.2, 0.25) is 0 Å². The van der Waals surface area contributed by atoms with Gasteiger partial charge in [0.25, 0.3) is 0 Å². The van der Waals surface area contributed by atoms with E-state index in [4.69, 9.17) is 5.14 Å². The average molecular weight is 322 g/mol. The minimum atomic E-state index is -3.64. The Balaban J connectivity index is 1.72. The molecule has 0 saturated heterocycles. The molecule has 1 heterocycles. The van der Waals surface area contributed by atoms with Crippen LogP contribution in [0.25, 0.3) is 0 Å². The van der Waals surface area contributed by atoms with Gasteiger partial charge in [0.1, 0.15) is 0 Å². The lowest BCUT2D eigenvalue weighted by atomic mass is 10.1. The first-order valence-corrected chi connectivity index (χ1v) is 9.35. The summed E-state index contributed by atoms with van der Waals surface area (Å²) < 4.78 is 22.8. The molecular weight excluding hydrogens is 304 g/mol. The summed E-state index contributed by atoms with van der Waals surface area (Å²) in [7, 11) is -3.64. The maximum atomic E-state index is 11.4. The number of sulfonamides is 1. The fraction of sp³-hybridized carbons (Fsp3) is 0.333. The minimum Gasteiger partial charge on any atom is -0.305 e. The first kappa shape index (κ1) is 14.7. The van der Waals surface area contributed by atoms with Crippen LogP contribution < -0.4 is 10.5 Å². The molecule has 2 aromatic rings. The van der Waals surface area contributed by atoms with E-state index in [1.54, 1.807) is 23.5 Å². The Bertz CT molecular complexity index is 707. The van der Waals surface area contributed by atoms with Crippen molar-refractivity contribution in [3.63, 3.8) is 0 Å². The maximum Gasteiger partial charge on any atom is 0.238 e. The van der Waals surface area contributed by atoms with Crippen LogP contribution >= 0.6 is 11.3 Å². The summed E-state index contributed by atoms with van der Waals surface area (Å²) in [6, 6.07) is 11.4. The first-order valence-electron chi connectivity index (χ1n) is 6.92. The maximum absolute atomic E-state index is 11.4. The van der Waals surface area contributed by atoms with Gasteiger partial charge in [0, 0.05) is 17.5 Å². The highest BCUT2D eigenvalue weighted by atomic mass is 32.2. The summed E-state index contributed by atoms with van der Waals surface area (Å²) in [4.78, 5) is 1.51. The van der Waals surface area contributed by atoms with Gasteiger partial charge in [-0.3, -0.25) is 0 Å². The number of hydrogen-bond acceptors (Lipinski definition) is 4. The van der Waals surface area contributed by atoms with Gasteiger partial charge >= 0.3 is 0 Å². The monoisotopic (exact) mass is 322 g/mol. The van der Waals surface area contributed by atoms with E-state index in [1.807, 2.05) is 6.07 Å². The summed E-state index contributed by atoms with van der Waals surface area (Å²) in [5.41, 5.74) is 0.934. The summed E-state index contributed by atoms with van der Waals surface area (Å²) in [5.74, 6) is 0.699. The van der Waals surface area contributed by atoms with Crippen LogP contribution in [0.15, 0.2) is 46.7 Å². The van der Waals surface area contributed by atoms with Crippen LogP contribution in [0.5, 0.6) is 0 Å². The number of rotatable bonds is 6. The standard InChI is InChI=1S/C15H18N2O2S2/c16-21(18,19)13-4-1-3-11(9-13)10-17-15(12-6-7-12)14-5-2-8-20-14/h1-5,8-9,12,15,17H,6-7,10H2,(H2,16,18,19). The second kappa shape index (κ2) is 5.88. The smallest absolute Gasteiger partial charge is 0.238 e. The fourth-order valence-corrected chi connectivity index (χ4v) is 3.94. The van der Waals surface area contributed by atoms with Crippen LogP contribution in [-0.4, -0.2) is 8.42 Å². The van der Waals surface area contributed by atoms with E-state index >= 15 is 0 Å². The summed E-state index contributed by atoms with van der Waals surface area (Å²) >= 11 is 1.76. The number of hydrogen-bond donors (Lipinski definition) is 2. The normalized spacial score (nSPS) is 16.8. The predicted molar refractivity (Wildman–Crippen MR) is 84.4 cm³/mol. The Hall–Kier alpha value is -1.21. The molecule has 6 heteroatoms. The van der Waals surface area contributed by atoms with Crippen LogP contribution in [0.3, 0.4) is 0 Å². The average Bonchev–Trinajstić information content (AvgIpc) is 3.13. The van der Waals surface area contributed by atoms with Gasteiger partial charge in [0.15, 0.2) is 0 Å². The number of nitrogens with two attached hydrogens (primary N) is 1. The predicted octanol–water partition coefficient (Wildman–Crippen LogP) is 2.64. The third-order valence-electron chi connectivity index (χ3n) is 3.70. The minimum absolute atomic E-state index is 0.167. The highest BCUT2D eigenvalue weighted by Gasteiger charge is 2.32. The lowest BCUT2D eigenvalue weighted by molar-refractivity contribution is 0.487. The van der Waals surface area contributed by atoms with E-state index in [-0.39, 0.29) is 4.90 Å². The van der Waals surface area contributed by atoms with E-state index in [1.165, 1.54) is 23.8 Å². The zero-order valence-corrected chi connectivity index (χ0v) is 13.2. The van der Waals surface area contributed by atoms with Gasteiger partial charge in [-0.05, 0) is 47.9 Å². The van der Waals surface area contributed by atoms with Crippen LogP contribution in [0, 0.1) is 5.92 Å². The van der Waals surface area contributed by atoms with Crippen molar-refractivity contribution < 1.29 is 8.42 Å². The summed E-state index contributed by atoms with van der Waals surface area (Å²) in [5, 5.41) is 10.8. The third-order valence-corrected chi connectivity index (χ3v) is 5.56. The summed E-state index contributed by atoms with van der Waals surface area (Å²) in [6.07, 6.45) is 2.51. The van der Waals surface area contributed by atoms with Crippen molar-refractivity contribution in [1.82, 2.24) is 5.32 Å². The SMILES string of the molecule is NS(=O)(=O)c1cccc(CNC(c2cccs2)C2CC2)c1. The largest absolute Gasteiger partial charge is 0.305 e. The van der Waals surface area contributed by atoms with Crippen molar-refractivity contribution >= 4 is 21.4 Å². The lowest BCUT2D eigenvalue weighted by Crippen LogP contribution is -2.22. The van der Waals surface area contributed by atoms with Crippen molar-refractivity contribution in [1.29, 1.82) is 0 Å². The van der Waals surface area contributed by atoms with Crippen molar-refractivity contribution in [3.8, 4) is 0 Å². The zero-order valence-electron chi connectivity index (χ0n) is 11.5. The zero-order chi connectivity index (χ0) is 14.9. The van der Waals surface area contributed by atoms with Crippen molar-refractivity contribution in [2.75, 3.05) is 0 Å². The van der Waals surface area contributed by atoms with Crippen LogP contribution in [-0.2, 0) is 16.6 Å². The van der Waals surface area contributed by atoms with Gasteiger partial charge in [-0.25, -0.2) is 13.6 Å². The quantitative estimate of drug-likeness (QED) is 0.859. The molecule has 0 bridgehead atoms. The number of benzene rings is 1. The molecule has 112 valence electrons. The van der Waals surface area contributed by atoms with Gasteiger partial charge in [-0.1, -0.05) is 18.2 Å². The second-order valence-electron chi connectivity index (χ2n) is 5.40. The van der Waals surface area contributed by atoms with Crippen LogP contribution in [0.4, 0.5) is 0 Å². The van der Waals surface area contributed by atoms with E-state index in [9.17, 15) is 8.42 Å². The van der Waals surface area contributed by atoms with Gasteiger partial charge in [-0.15, -0.1) is 11.3 Å². The Labute approximate surface area is 129 Å². The molecule has 21 heavy (non-hydrogen) atoms. The molecule has 3 N–H and O–H groups in total. The molecule has 1 aromatic heterocycles. The molecular formula is C15H18N2O2S2. The summed E-state index contributed by atoms with van der Waals surface area (Å²) in [6.45, 7) is 0.641. The molecule has 1 aliphatic rings. The third kappa shape index (κ3) is 3.71. The van der Waals surface area contributed by atoms with E-state index in [0.29, 0.717) is 18.5 Å². The molecule has 1 fully saturated rings. The van der Waals surface area contributed by atoms with Crippen molar-refractivity contribution in [3.05, 3.63) is 52.2 Å². The van der Waals surface area contributed by atoms with Crippen LogP contribution in [0.1, 0.15) is 29.3 Å². The van der Waals surface area contributed by atoms with Crippen molar-refractivity contribution in [2.45, 2.75) is 30.3 Å². The molecule has 3 rings (SSSR count). The van der Waals surface area contributed by atoms with E-state index in [2.05, 4.69) is 22.8 Å². The molecule has 0 radical (unpaired) electrons. The topological polar surface area (TPSA) is 72.2 Å². The van der Waals surface area contributed by atoms with E-state index < -0.39 is 10.0 Å². The molecule has 1 atom stereocenters. The molecule has 0 aliphatic heterocycles. The Morgan fingerprint density at radius 2 is 2.10 bits per heavy atom. The molecule has 1 aliphatic carbocycles. The number of primary sulfonamides is 1. The fourth-order valence-electron chi connectivity index (χ4n) is 2.46. The molecule has 0 amide bonds. The molecule has 1 saturated carbocycles. The second-order valence-corrected chi connectivity index (χ2v) is 7.94. The Kier molecular flexibility index (Phi) is 4.12. The van der Waals surface area contributed by atoms with Gasteiger partial charge in [0.05, 0.1) is 4.90 Å². The number of nitrogens with one attached hydrogen (secondary N) is 1. The Morgan fingerprint density at radius 3 is 2.71 bits per heavy atom. The lowest BCUT2D eigenvalue weighted by Gasteiger charge is -2.17. The molecule has 4 nitrogen and oxygen atoms in total. The van der Waals surface area contributed by atoms with E-state index in [0.717, 1.165) is 5.56 Å².